The predicted molar refractivity (Wildman–Crippen MR) is 120 cm³/mol. The van der Waals surface area contributed by atoms with Crippen LogP contribution in [0.1, 0.15) is 79.6 Å². The summed E-state index contributed by atoms with van der Waals surface area (Å²) in [5, 5.41) is 15.7. The van der Waals surface area contributed by atoms with E-state index in [9.17, 15) is 0 Å². The van der Waals surface area contributed by atoms with E-state index in [1.807, 2.05) is 0 Å². The molecule has 2 aliphatic heterocycles. The Balaban J connectivity index is 1.96. The van der Waals surface area contributed by atoms with Gasteiger partial charge in [0.05, 0.1) is 6.04 Å². The summed E-state index contributed by atoms with van der Waals surface area (Å²) < 4.78 is 0. The molecule has 0 radical (unpaired) electrons. The Morgan fingerprint density at radius 3 is 2.46 bits per heavy atom. The van der Waals surface area contributed by atoms with Crippen molar-refractivity contribution >= 4 is 6.21 Å². The van der Waals surface area contributed by atoms with Crippen molar-refractivity contribution < 1.29 is 0 Å². The maximum absolute atomic E-state index is 8.09. The molecule has 3 N–H and O–H groups in total. The molecule has 1 atom stereocenters. The smallest absolute Gasteiger partial charge is 0.111 e. The van der Waals surface area contributed by atoms with Crippen molar-refractivity contribution in [2.75, 3.05) is 7.05 Å². The lowest BCUT2D eigenvalue weighted by Crippen LogP contribution is -2.56. The molecule has 156 valence electrons. The normalized spacial score (nSPS) is 27.9. The lowest BCUT2D eigenvalue weighted by atomic mass is 9.79. The third kappa shape index (κ3) is 4.53. The number of allylic oxidation sites excluding steroid dienone is 2. The Hall–Kier alpha value is -1.55. The molecule has 1 unspecified atom stereocenters. The highest BCUT2D eigenvalue weighted by Crippen LogP contribution is 2.36. The second-order valence-corrected chi connectivity index (χ2v) is 10.1. The van der Waals surface area contributed by atoms with Crippen molar-refractivity contribution in [1.82, 2.24) is 15.5 Å². The van der Waals surface area contributed by atoms with Crippen LogP contribution in [-0.4, -0.2) is 41.3 Å². The monoisotopic (exact) mass is 384 g/mol. The summed E-state index contributed by atoms with van der Waals surface area (Å²) in [5.41, 5.74) is 3.91. The lowest BCUT2D eigenvalue weighted by Gasteiger charge is -2.46. The van der Waals surface area contributed by atoms with Crippen LogP contribution in [-0.2, 0) is 0 Å². The van der Waals surface area contributed by atoms with E-state index in [2.05, 4.69) is 69.4 Å². The SMILES string of the molecule is CCC1=CC(C2=CC(C)(C)NC(C)(C)C2)N(C)C(NC2CCCCC2)=C1C=N. The quantitative estimate of drug-likeness (QED) is 0.467. The standard InChI is InChI=1S/C24H40N4/c1-7-17-13-21(18-14-23(2,3)27-24(4,5)15-18)28(6)22(20(17)16-25)26-19-11-9-8-10-12-19/h13-14,16,19,21,25-27H,7-12,15H2,1-6H3. The number of nitrogens with zero attached hydrogens (tertiary/aromatic N) is 1. The van der Waals surface area contributed by atoms with Gasteiger partial charge in [-0.15, -0.1) is 0 Å². The van der Waals surface area contributed by atoms with E-state index in [-0.39, 0.29) is 17.1 Å². The molecule has 0 saturated heterocycles. The van der Waals surface area contributed by atoms with Crippen LogP contribution in [0.2, 0.25) is 0 Å². The molecular formula is C24H40N4. The van der Waals surface area contributed by atoms with Gasteiger partial charge in [0.25, 0.3) is 0 Å². The molecule has 3 aliphatic rings. The number of likely N-dealkylation sites (N-methyl/N-ethyl adjacent to an activating group) is 1. The molecule has 3 rings (SSSR count). The topological polar surface area (TPSA) is 51.1 Å². The Labute approximate surface area is 172 Å². The summed E-state index contributed by atoms with van der Waals surface area (Å²) in [5.74, 6) is 1.15. The Kier molecular flexibility index (Phi) is 6.09. The number of nitrogens with one attached hydrogen (secondary N) is 3. The average molecular weight is 385 g/mol. The van der Waals surface area contributed by atoms with Crippen LogP contribution in [0, 0.1) is 5.41 Å². The van der Waals surface area contributed by atoms with Crippen LogP contribution in [0.25, 0.3) is 0 Å². The highest BCUT2D eigenvalue weighted by molar-refractivity contribution is 5.84. The van der Waals surface area contributed by atoms with E-state index >= 15 is 0 Å². The Morgan fingerprint density at radius 2 is 1.89 bits per heavy atom. The van der Waals surface area contributed by atoms with Gasteiger partial charge in [0.15, 0.2) is 0 Å². The van der Waals surface area contributed by atoms with Crippen molar-refractivity contribution in [3.05, 3.63) is 34.7 Å². The fraction of sp³-hybridized carbons (Fsp3) is 0.708. The van der Waals surface area contributed by atoms with Crippen LogP contribution >= 0.6 is 0 Å². The minimum absolute atomic E-state index is 0.0133. The first-order valence-corrected chi connectivity index (χ1v) is 11.1. The first kappa shape index (κ1) is 21.2. The van der Waals surface area contributed by atoms with Gasteiger partial charge in [-0.3, -0.25) is 0 Å². The molecule has 28 heavy (non-hydrogen) atoms. The van der Waals surface area contributed by atoms with Gasteiger partial charge in [-0.25, -0.2) is 0 Å². The first-order chi connectivity index (χ1) is 13.2. The molecule has 1 fully saturated rings. The highest BCUT2D eigenvalue weighted by atomic mass is 15.3. The van der Waals surface area contributed by atoms with Crippen LogP contribution < -0.4 is 10.6 Å². The summed E-state index contributed by atoms with van der Waals surface area (Å²) >= 11 is 0. The summed E-state index contributed by atoms with van der Waals surface area (Å²) in [7, 11) is 2.20. The summed E-state index contributed by atoms with van der Waals surface area (Å²) in [4.78, 5) is 2.39. The van der Waals surface area contributed by atoms with Gasteiger partial charge in [0.2, 0.25) is 0 Å². The molecule has 0 amide bonds. The van der Waals surface area contributed by atoms with Crippen LogP contribution in [0.4, 0.5) is 0 Å². The minimum atomic E-state index is -0.0133. The zero-order valence-corrected chi connectivity index (χ0v) is 18.8. The van der Waals surface area contributed by atoms with Crippen molar-refractivity contribution in [2.45, 2.75) is 103 Å². The van der Waals surface area contributed by atoms with E-state index in [4.69, 9.17) is 5.41 Å². The van der Waals surface area contributed by atoms with Crippen molar-refractivity contribution in [2.24, 2.45) is 0 Å². The molecule has 1 aliphatic carbocycles. The fourth-order valence-corrected chi connectivity index (χ4v) is 5.49. The third-order valence-corrected chi connectivity index (χ3v) is 6.43. The molecule has 1 saturated carbocycles. The van der Waals surface area contributed by atoms with E-state index in [1.165, 1.54) is 43.3 Å². The average Bonchev–Trinajstić information content (AvgIpc) is 2.61. The number of hydrogen-bond acceptors (Lipinski definition) is 4. The van der Waals surface area contributed by atoms with Crippen molar-refractivity contribution in [3.63, 3.8) is 0 Å². The molecule has 0 spiro atoms. The van der Waals surface area contributed by atoms with Crippen molar-refractivity contribution in [1.29, 1.82) is 5.41 Å². The van der Waals surface area contributed by atoms with Gasteiger partial charge in [0, 0.05) is 36.0 Å². The number of rotatable bonds is 5. The van der Waals surface area contributed by atoms with Gasteiger partial charge in [-0.1, -0.05) is 38.3 Å². The first-order valence-electron chi connectivity index (χ1n) is 11.1. The second-order valence-electron chi connectivity index (χ2n) is 10.1. The molecule has 0 aromatic heterocycles. The van der Waals surface area contributed by atoms with Crippen molar-refractivity contribution in [3.8, 4) is 0 Å². The zero-order chi connectivity index (χ0) is 20.5. The van der Waals surface area contributed by atoms with Crippen LogP contribution in [0.5, 0.6) is 0 Å². The van der Waals surface area contributed by atoms with Gasteiger partial charge in [-0.05, 0) is 64.5 Å². The zero-order valence-electron chi connectivity index (χ0n) is 18.8. The maximum atomic E-state index is 8.09. The van der Waals surface area contributed by atoms with Crippen LogP contribution in [0.15, 0.2) is 34.7 Å². The highest BCUT2D eigenvalue weighted by Gasteiger charge is 2.37. The predicted octanol–water partition coefficient (Wildman–Crippen LogP) is 4.90. The summed E-state index contributed by atoms with van der Waals surface area (Å²) in [6.45, 7) is 11.3. The molecule has 4 heteroatoms. The van der Waals surface area contributed by atoms with Gasteiger partial charge in [-0.2, -0.15) is 0 Å². The molecule has 0 bridgehead atoms. The van der Waals surface area contributed by atoms with E-state index in [0.717, 1.165) is 24.2 Å². The third-order valence-electron chi connectivity index (χ3n) is 6.43. The fourth-order valence-electron chi connectivity index (χ4n) is 5.49. The largest absolute Gasteiger partial charge is 0.368 e. The summed E-state index contributed by atoms with van der Waals surface area (Å²) in [6.07, 6.45) is 14.8. The van der Waals surface area contributed by atoms with E-state index in [1.54, 1.807) is 6.21 Å². The van der Waals surface area contributed by atoms with E-state index < -0.39 is 0 Å². The molecule has 2 heterocycles. The van der Waals surface area contributed by atoms with E-state index in [0.29, 0.717) is 6.04 Å². The Bertz CT molecular complexity index is 689. The Morgan fingerprint density at radius 1 is 1.21 bits per heavy atom. The summed E-state index contributed by atoms with van der Waals surface area (Å²) in [6, 6.07) is 0.790. The lowest BCUT2D eigenvalue weighted by molar-refractivity contribution is 0.251. The van der Waals surface area contributed by atoms with Crippen LogP contribution in [0.3, 0.4) is 0 Å². The van der Waals surface area contributed by atoms with Gasteiger partial charge >= 0.3 is 0 Å². The second kappa shape index (κ2) is 8.06. The van der Waals surface area contributed by atoms with Gasteiger partial charge < -0.3 is 20.9 Å². The molecule has 0 aromatic rings. The number of hydrogen-bond donors (Lipinski definition) is 3. The maximum Gasteiger partial charge on any atom is 0.111 e. The molecule has 0 aromatic carbocycles. The minimum Gasteiger partial charge on any atom is -0.368 e. The molecular weight excluding hydrogens is 344 g/mol. The van der Waals surface area contributed by atoms with Gasteiger partial charge in [0.1, 0.15) is 5.82 Å². The molecule has 4 nitrogen and oxygen atoms in total.